The van der Waals surface area contributed by atoms with Crippen LogP contribution in [0.15, 0.2) is 36.9 Å². The zero-order valence-electron chi connectivity index (χ0n) is 11.5. The van der Waals surface area contributed by atoms with Gasteiger partial charge in [0.05, 0.1) is 0 Å². The van der Waals surface area contributed by atoms with Crippen molar-refractivity contribution < 1.29 is 4.74 Å². The van der Waals surface area contributed by atoms with E-state index in [1.54, 1.807) is 0 Å². The molecule has 0 amide bonds. The smallest absolute Gasteiger partial charge is 0.119 e. The molecule has 0 heterocycles. The normalized spacial score (nSPS) is 10.6. The quantitative estimate of drug-likeness (QED) is 0.630. The highest BCUT2D eigenvalue weighted by molar-refractivity contribution is 5.85. The van der Waals surface area contributed by atoms with E-state index in [2.05, 4.69) is 44.8 Å². The molecule has 0 spiro atoms. The lowest BCUT2D eigenvalue weighted by Crippen LogP contribution is -2.21. The van der Waals surface area contributed by atoms with Crippen molar-refractivity contribution in [2.45, 2.75) is 26.2 Å². The average molecular weight is 270 g/mol. The topological polar surface area (TPSA) is 21.3 Å². The number of hydrogen-bond donors (Lipinski definition) is 1. The van der Waals surface area contributed by atoms with Crippen LogP contribution in [-0.2, 0) is 5.41 Å². The maximum atomic E-state index is 5.69. The van der Waals surface area contributed by atoms with Crippen LogP contribution in [-0.4, -0.2) is 19.7 Å². The molecule has 18 heavy (non-hydrogen) atoms. The van der Waals surface area contributed by atoms with E-state index in [4.69, 9.17) is 4.74 Å². The Hall–Kier alpha value is -0.990. The lowest BCUT2D eigenvalue weighted by atomic mass is 9.87. The van der Waals surface area contributed by atoms with Gasteiger partial charge in [0.1, 0.15) is 12.4 Å². The van der Waals surface area contributed by atoms with E-state index in [9.17, 15) is 0 Å². The van der Waals surface area contributed by atoms with Gasteiger partial charge < -0.3 is 10.1 Å². The Morgan fingerprint density at radius 3 is 2.67 bits per heavy atom. The van der Waals surface area contributed by atoms with Crippen LogP contribution in [0.2, 0.25) is 0 Å². The molecule has 0 unspecified atom stereocenters. The van der Waals surface area contributed by atoms with E-state index < -0.39 is 0 Å². The Morgan fingerprint density at radius 1 is 1.33 bits per heavy atom. The highest BCUT2D eigenvalue weighted by atomic mass is 35.5. The van der Waals surface area contributed by atoms with Crippen molar-refractivity contribution in [2.75, 3.05) is 19.7 Å². The maximum Gasteiger partial charge on any atom is 0.119 e. The van der Waals surface area contributed by atoms with Gasteiger partial charge in [-0.15, -0.1) is 19.0 Å². The van der Waals surface area contributed by atoms with Crippen molar-refractivity contribution in [2.24, 2.45) is 0 Å². The van der Waals surface area contributed by atoms with E-state index in [1.165, 1.54) is 5.56 Å². The number of nitrogens with one attached hydrogen (secondary N) is 1. The average Bonchev–Trinajstić information content (AvgIpc) is 2.28. The first kappa shape index (κ1) is 17.0. The number of hydrogen-bond acceptors (Lipinski definition) is 2. The van der Waals surface area contributed by atoms with Crippen molar-refractivity contribution in [3.05, 3.63) is 42.5 Å². The van der Waals surface area contributed by atoms with E-state index in [-0.39, 0.29) is 17.8 Å². The summed E-state index contributed by atoms with van der Waals surface area (Å²) in [5.74, 6) is 0.942. The molecular weight excluding hydrogens is 246 g/mol. The second kappa shape index (κ2) is 8.17. The zero-order chi connectivity index (χ0) is 12.7. The Kier molecular flexibility index (Phi) is 7.72. The molecule has 0 aliphatic carbocycles. The first-order chi connectivity index (χ1) is 8.04. The van der Waals surface area contributed by atoms with Gasteiger partial charge in [0.2, 0.25) is 0 Å². The molecule has 0 aliphatic heterocycles. The Morgan fingerprint density at radius 2 is 2.06 bits per heavy atom. The fourth-order valence-electron chi connectivity index (χ4n) is 1.50. The Balaban J connectivity index is 0.00000289. The minimum atomic E-state index is 0. The van der Waals surface area contributed by atoms with Crippen LogP contribution in [0.25, 0.3) is 0 Å². The highest BCUT2D eigenvalue weighted by Gasteiger charge is 2.13. The fourth-order valence-corrected chi connectivity index (χ4v) is 1.50. The lowest BCUT2D eigenvalue weighted by molar-refractivity contribution is 0.315. The van der Waals surface area contributed by atoms with E-state index in [0.29, 0.717) is 6.61 Å². The molecule has 0 saturated heterocycles. The summed E-state index contributed by atoms with van der Waals surface area (Å²) in [4.78, 5) is 0. The van der Waals surface area contributed by atoms with Crippen molar-refractivity contribution >= 4 is 12.4 Å². The van der Waals surface area contributed by atoms with Crippen LogP contribution >= 0.6 is 12.4 Å². The summed E-state index contributed by atoms with van der Waals surface area (Å²) in [6.45, 7) is 12.6. The molecule has 1 aromatic carbocycles. The zero-order valence-corrected chi connectivity index (χ0v) is 12.3. The van der Waals surface area contributed by atoms with Gasteiger partial charge in [0.15, 0.2) is 0 Å². The largest absolute Gasteiger partial charge is 0.492 e. The van der Waals surface area contributed by atoms with Gasteiger partial charge in [-0.2, -0.15) is 0 Å². The molecule has 0 aromatic heterocycles. The van der Waals surface area contributed by atoms with E-state index in [0.717, 1.165) is 18.8 Å². The summed E-state index contributed by atoms with van der Waals surface area (Å²) in [7, 11) is 0. The molecule has 0 atom stereocenters. The summed E-state index contributed by atoms with van der Waals surface area (Å²) in [5.41, 5.74) is 1.47. The standard InChI is InChI=1S/C15H23NO.ClH/c1-5-9-16-10-11-17-14-8-6-7-13(12-14)15(2,3)4;/h5-8,12,16H,1,9-11H2,2-4H3;1H. The van der Waals surface area contributed by atoms with Crippen LogP contribution in [0.4, 0.5) is 0 Å². The van der Waals surface area contributed by atoms with Gasteiger partial charge in [0, 0.05) is 13.1 Å². The molecule has 2 nitrogen and oxygen atoms in total. The molecule has 102 valence electrons. The van der Waals surface area contributed by atoms with Crippen molar-refractivity contribution in [1.82, 2.24) is 5.32 Å². The molecule has 1 rings (SSSR count). The third-order valence-electron chi connectivity index (χ3n) is 2.54. The molecule has 0 saturated carbocycles. The van der Waals surface area contributed by atoms with Gasteiger partial charge in [-0.3, -0.25) is 0 Å². The molecule has 0 radical (unpaired) electrons. The van der Waals surface area contributed by atoms with Crippen molar-refractivity contribution in [1.29, 1.82) is 0 Å². The molecular formula is C15H24ClNO. The summed E-state index contributed by atoms with van der Waals surface area (Å²) >= 11 is 0. The van der Waals surface area contributed by atoms with Crippen LogP contribution in [0, 0.1) is 0 Å². The van der Waals surface area contributed by atoms with Gasteiger partial charge in [-0.25, -0.2) is 0 Å². The SMILES string of the molecule is C=CCNCCOc1cccc(C(C)(C)C)c1.Cl. The summed E-state index contributed by atoms with van der Waals surface area (Å²) in [6.07, 6.45) is 1.85. The summed E-state index contributed by atoms with van der Waals surface area (Å²) < 4.78 is 5.69. The first-order valence-electron chi connectivity index (χ1n) is 6.09. The minimum Gasteiger partial charge on any atom is -0.492 e. The van der Waals surface area contributed by atoms with Crippen LogP contribution in [0.5, 0.6) is 5.75 Å². The number of benzene rings is 1. The van der Waals surface area contributed by atoms with Gasteiger partial charge >= 0.3 is 0 Å². The minimum absolute atomic E-state index is 0. The summed E-state index contributed by atoms with van der Waals surface area (Å²) in [6, 6.07) is 8.31. The van der Waals surface area contributed by atoms with E-state index >= 15 is 0 Å². The van der Waals surface area contributed by atoms with Gasteiger partial charge in [0.25, 0.3) is 0 Å². The van der Waals surface area contributed by atoms with Crippen molar-refractivity contribution in [3.8, 4) is 5.75 Å². The Bertz CT molecular complexity index is 358. The third-order valence-corrected chi connectivity index (χ3v) is 2.54. The highest BCUT2D eigenvalue weighted by Crippen LogP contribution is 2.25. The lowest BCUT2D eigenvalue weighted by Gasteiger charge is -2.19. The van der Waals surface area contributed by atoms with Gasteiger partial charge in [-0.1, -0.05) is 39.0 Å². The van der Waals surface area contributed by atoms with Crippen LogP contribution in [0.3, 0.4) is 0 Å². The molecule has 1 aromatic rings. The number of ether oxygens (including phenoxy) is 1. The second-order valence-corrected chi connectivity index (χ2v) is 5.12. The number of rotatable bonds is 6. The first-order valence-corrected chi connectivity index (χ1v) is 6.09. The van der Waals surface area contributed by atoms with Crippen LogP contribution < -0.4 is 10.1 Å². The van der Waals surface area contributed by atoms with Gasteiger partial charge in [-0.05, 0) is 23.1 Å². The summed E-state index contributed by atoms with van der Waals surface area (Å²) in [5, 5.41) is 3.21. The number of halogens is 1. The maximum absolute atomic E-state index is 5.69. The molecule has 0 aliphatic rings. The third kappa shape index (κ3) is 6.08. The molecule has 0 bridgehead atoms. The monoisotopic (exact) mass is 269 g/mol. The van der Waals surface area contributed by atoms with E-state index in [1.807, 2.05) is 18.2 Å². The fraction of sp³-hybridized carbons (Fsp3) is 0.467. The van der Waals surface area contributed by atoms with Crippen LogP contribution in [0.1, 0.15) is 26.3 Å². The second-order valence-electron chi connectivity index (χ2n) is 5.12. The molecule has 0 fully saturated rings. The predicted molar refractivity (Wildman–Crippen MR) is 81.0 cm³/mol. The Labute approximate surface area is 117 Å². The van der Waals surface area contributed by atoms with Crippen molar-refractivity contribution in [3.63, 3.8) is 0 Å². The molecule has 3 heteroatoms. The predicted octanol–water partition coefficient (Wildman–Crippen LogP) is 3.56. The molecule has 1 N–H and O–H groups in total.